The molecule has 6 heteroatoms. The van der Waals surface area contributed by atoms with Gasteiger partial charge >= 0.3 is 0 Å². The smallest absolute Gasteiger partial charge is 0.213 e. The second-order valence-electron chi connectivity index (χ2n) is 3.39. The molecule has 5 nitrogen and oxygen atoms in total. The third-order valence-electron chi connectivity index (χ3n) is 2.17. The number of nitrogens with two attached hydrogens (primary N) is 1. The fourth-order valence-corrected chi connectivity index (χ4v) is 1.29. The number of anilines is 2. The van der Waals surface area contributed by atoms with Crippen molar-refractivity contribution in [1.82, 2.24) is 10.1 Å². The van der Waals surface area contributed by atoms with Crippen LogP contribution in [0, 0.1) is 12.7 Å². The van der Waals surface area contributed by atoms with Crippen molar-refractivity contribution in [1.29, 1.82) is 0 Å². The van der Waals surface area contributed by atoms with Gasteiger partial charge in [0.25, 0.3) is 0 Å². The molecule has 2 rings (SSSR count). The van der Waals surface area contributed by atoms with Crippen molar-refractivity contribution >= 4 is 11.4 Å². The van der Waals surface area contributed by atoms with Crippen LogP contribution >= 0.6 is 0 Å². The average Bonchev–Trinajstić information content (AvgIpc) is 2.74. The fourth-order valence-electron chi connectivity index (χ4n) is 1.29. The Morgan fingerprint density at radius 2 is 2.31 bits per heavy atom. The van der Waals surface area contributed by atoms with Gasteiger partial charge in [0, 0.05) is 0 Å². The lowest BCUT2D eigenvalue weighted by Crippen LogP contribution is -2.04. The summed E-state index contributed by atoms with van der Waals surface area (Å²) >= 11 is 0. The summed E-state index contributed by atoms with van der Waals surface area (Å²) in [6.07, 6.45) is 1.25. The van der Waals surface area contributed by atoms with Crippen LogP contribution in [-0.2, 0) is 6.54 Å². The second-order valence-corrected chi connectivity index (χ2v) is 3.39. The minimum absolute atomic E-state index is 0.317. The first-order valence-corrected chi connectivity index (χ1v) is 4.71. The van der Waals surface area contributed by atoms with E-state index in [0.29, 0.717) is 29.3 Å². The lowest BCUT2D eigenvalue weighted by Gasteiger charge is -2.09. The molecule has 0 saturated carbocycles. The zero-order chi connectivity index (χ0) is 11.5. The van der Waals surface area contributed by atoms with Crippen molar-refractivity contribution in [2.75, 3.05) is 11.1 Å². The Morgan fingerprint density at radius 3 is 3.00 bits per heavy atom. The first-order valence-electron chi connectivity index (χ1n) is 4.71. The Hall–Kier alpha value is -2.11. The summed E-state index contributed by atoms with van der Waals surface area (Å²) in [5, 5.41) is 6.64. The van der Waals surface area contributed by atoms with Crippen LogP contribution in [0.2, 0.25) is 0 Å². The highest BCUT2D eigenvalue weighted by Crippen LogP contribution is 2.22. The molecule has 1 heterocycles. The molecule has 0 saturated heterocycles. The number of hydrogen-bond donors (Lipinski definition) is 2. The maximum absolute atomic E-state index is 13.1. The van der Waals surface area contributed by atoms with Crippen LogP contribution in [0.5, 0.6) is 0 Å². The Balaban J connectivity index is 2.12. The minimum Gasteiger partial charge on any atom is -0.397 e. The number of halogens is 1. The molecular formula is C10H11FN4O. The van der Waals surface area contributed by atoms with E-state index in [9.17, 15) is 4.39 Å². The van der Waals surface area contributed by atoms with Crippen LogP contribution in [0.15, 0.2) is 23.0 Å². The first-order chi connectivity index (χ1) is 7.66. The highest BCUT2D eigenvalue weighted by atomic mass is 19.1. The second kappa shape index (κ2) is 4.18. The zero-order valence-electron chi connectivity index (χ0n) is 8.70. The van der Waals surface area contributed by atoms with E-state index in [1.807, 2.05) is 0 Å². The van der Waals surface area contributed by atoms with Gasteiger partial charge in [0.05, 0.1) is 17.9 Å². The normalized spacial score (nSPS) is 10.4. The zero-order valence-corrected chi connectivity index (χ0v) is 8.70. The van der Waals surface area contributed by atoms with E-state index in [-0.39, 0.29) is 5.82 Å². The van der Waals surface area contributed by atoms with E-state index in [1.54, 1.807) is 13.0 Å². The summed E-state index contributed by atoms with van der Waals surface area (Å²) in [7, 11) is 0. The van der Waals surface area contributed by atoms with Crippen molar-refractivity contribution in [3.8, 4) is 0 Å². The molecule has 0 radical (unpaired) electrons. The van der Waals surface area contributed by atoms with E-state index >= 15 is 0 Å². The molecule has 84 valence electrons. The van der Waals surface area contributed by atoms with Gasteiger partial charge in [0.2, 0.25) is 6.39 Å². The topological polar surface area (TPSA) is 77.0 Å². The Kier molecular flexibility index (Phi) is 2.72. The van der Waals surface area contributed by atoms with E-state index in [4.69, 9.17) is 5.73 Å². The number of benzene rings is 1. The number of hydrogen-bond acceptors (Lipinski definition) is 5. The number of rotatable bonds is 3. The SMILES string of the molecule is Cc1cc(NCc2ncon2)c(N)cc1F. The third-order valence-corrected chi connectivity index (χ3v) is 2.17. The van der Waals surface area contributed by atoms with E-state index in [2.05, 4.69) is 20.0 Å². The van der Waals surface area contributed by atoms with Crippen molar-refractivity contribution in [2.45, 2.75) is 13.5 Å². The van der Waals surface area contributed by atoms with Crippen LogP contribution in [0.4, 0.5) is 15.8 Å². The van der Waals surface area contributed by atoms with E-state index < -0.39 is 0 Å². The van der Waals surface area contributed by atoms with Gasteiger partial charge in [-0.15, -0.1) is 0 Å². The Bertz CT molecular complexity index is 484. The number of nitrogen functional groups attached to an aromatic ring is 1. The molecule has 0 unspecified atom stereocenters. The molecule has 1 aromatic heterocycles. The van der Waals surface area contributed by atoms with Gasteiger partial charge < -0.3 is 15.6 Å². The van der Waals surface area contributed by atoms with Crippen molar-refractivity contribution in [3.05, 3.63) is 35.7 Å². The van der Waals surface area contributed by atoms with Crippen LogP contribution in [0.25, 0.3) is 0 Å². The number of aryl methyl sites for hydroxylation is 1. The minimum atomic E-state index is -0.317. The maximum Gasteiger partial charge on any atom is 0.213 e. The molecular weight excluding hydrogens is 211 g/mol. The van der Waals surface area contributed by atoms with Gasteiger partial charge in [-0.05, 0) is 24.6 Å². The molecule has 0 aliphatic carbocycles. The summed E-state index contributed by atoms with van der Waals surface area (Å²) in [5.74, 6) is 0.198. The molecule has 16 heavy (non-hydrogen) atoms. The number of aromatic nitrogens is 2. The van der Waals surface area contributed by atoms with Crippen LogP contribution in [0.3, 0.4) is 0 Å². The monoisotopic (exact) mass is 222 g/mol. The van der Waals surface area contributed by atoms with Crippen molar-refractivity contribution in [2.24, 2.45) is 0 Å². The lowest BCUT2D eigenvalue weighted by molar-refractivity contribution is 0.411. The fraction of sp³-hybridized carbons (Fsp3) is 0.200. The summed E-state index contributed by atoms with van der Waals surface area (Å²) in [6, 6.07) is 2.93. The van der Waals surface area contributed by atoms with Gasteiger partial charge in [0.15, 0.2) is 5.82 Å². The molecule has 0 spiro atoms. The molecule has 0 aliphatic rings. The molecule has 0 bridgehead atoms. The molecule has 1 aromatic carbocycles. The van der Waals surface area contributed by atoms with E-state index in [1.165, 1.54) is 12.5 Å². The van der Waals surface area contributed by atoms with Crippen LogP contribution in [-0.4, -0.2) is 10.1 Å². The largest absolute Gasteiger partial charge is 0.397 e. The molecule has 2 aromatic rings. The van der Waals surface area contributed by atoms with Crippen molar-refractivity contribution in [3.63, 3.8) is 0 Å². The van der Waals surface area contributed by atoms with Crippen molar-refractivity contribution < 1.29 is 8.91 Å². The average molecular weight is 222 g/mol. The first kappa shape index (κ1) is 10.4. The third kappa shape index (κ3) is 2.10. The lowest BCUT2D eigenvalue weighted by atomic mass is 10.2. The van der Waals surface area contributed by atoms with Crippen LogP contribution in [0.1, 0.15) is 11.4 Å². The summed E-state index contributed by atoms with van der Waals surface area (Å²) in [5.41, 5.74) is 7.20. The van der Waals surface area contributed by atoms with Gasteiger partial charge in [-0.3, -0.25) is 0 Å². The van der Waals surface area contributed by atoms with Crippen LogP contribution < -0.4 is 11.1 Å². The standard InChI is InChI=1S/C10H11FN4O/c1-6-2-9(8(12)3-7(6)11)13-4-10-14-5-16-15-10/h2-3,5,13H,4,12H2,1H3. The molecule has 0 aliphatic heterocycles. The predicted molar refractivity (Wildman–Crippen MR) is 57.2 cm³/mol. The molecule has 0 amide bonds. The Morgan fingerprint density at radius 1 is 1.50 bits per heavy atom. The summed E-state index contributed by atoms with van der Waals surface area (Å²) in [4.78, 5) is 3.85. The highest BCUT2D eigenvalue weighted by Gasteiger charge is 2.05. The quantitative estimate of drug-likeness (QED) is 0.773. The highest BCUT2D eigenvalue weighted by molar-refractivity contribution is 5.67. The Labute approximate surface area is 91.5 Å². The predicted octanol–water partition coefficient (Wildman–Crippen LogP) is 1.71. The summed E-state index contributed by atoms with van der Waals surface area (Å²) < 4.78 is 17.7. The van der Waals surface area contributed by atoms with E-state index in [0.717, 1.165) is 0 Å². The maximum atomic E-state index is 13.1. The van der Waals surface area contributed by atoms with Gasteiger partial charge in [0.1, 0.15) is 5.82 Å². The molecule has 3 N–H and O–H groups in total. The summed E-state index contributed by atoms with van der Waals surface area (Å²) in [6.45, 7) is 2.06. The van der Waals surface area contributed by atoms with Gasteiger partial charge in [-0.1, -0.05) is 5.16 Å². The van der Waals surface area contributed by atoms with Gasteiger partial charge in [-0.2, -0.15) is 4.98 Å². The number of nitrogens with one attached hydrogen (secondary N) is 1. The number of nitrogens with zero attached hydrogens (tertiary/aromatic N) is 2. The van der Waals surface area contributed by atoms with Gasteiger partial charge in [-0.25, -0.2) is 4.39 Å². The molecule has 0 atom stereocenters. The molecule has 0 fully saturated rings.